The molecule has 1 nitrogen and oxygen atoms in total. The Bertz CT molecular complexity index is 208. The van der Waals surface area contributed by atoms with Crippen LogP contribution in [0.5, 0.6) is 0 Å². The summed E-state index contributed by atoms with van der Waals surface area (Å²) in [4.78, 5) is 0. The minimum Gasteiger partial charge on any atom is -0.291 e. The van der Waals surface area contributed by atoms with Crippen molar-refractivity contribution in [3.63, 3.8) is 0 Å². The van der Waals surface area contributed by atoms with E-state index in [4.69, 9.17) is 0 Å². The monoisotopic (exact) mass is 165 g/mol. The highest BCUT2D eigenvalue weighted by atomic mass is 31.1. The molecule has 1 aromatic carbocycles. The first-order valence-corrected chi connectivity index (χ1v) is 4.64. The van der Waals surface area contributed by atoms with Gasteiger partial charge in [-0.3, -0.25) is 5.09 Å². The topological polar surface area (TPSA) is 12.0 Å². The minimum absolute atomic E-state index is 0.654. The van der Waals surface area contributed by atoms with E-state index in [2.05, 4.69) is 23.8 Å². The highest BCUT2D eigenvalue weighted by Gasteiger charge is 1.86. The van der Waals surface area contributed by atoms with E-state index < -0.39 is 0 Å². The fraction of sp³-hybridized carbons (Fsp3) is 0.111. The predicted molar refractivity (Wildman–Crippen MR) is 51.8 cm³/mol. The molecule has 0 bridgehead atoms. The third-order valence-corrected chi connectivity index (χ3v) is 1.92. The van der Waals surface area contributed by atoms with E-state index >= 15 is 0 Å². The molecule has 1 unspecified atom stereocenters. The van der Waals surface area contributed by atoms with E-state index in [9.17, 15) is 0 Å². The molecular weight excluding hydrogens is 153 g/mol. The van der Waals surface area contributed by atoms with Crippen molar-refractivity contribution in [2.45, 2.75) is 6.54 Å². The van der Waals surface area contributed by atoms with Gasteiger partial charge in [-0.15, -0.1) is 0 Å². The molecule has 0 aliphatic carbocycles. The molecule has 0 amide bonds. The fourth-order valence-electron chi connectivity index (χ4n) is 0.821. The average molecular weight is 165 g/mol. The molecule has 0 aromatic heterocycles. The van der Waals surface area contributed by atoms with Gasteiger partial charge in [0.25, 0.3) is 0 Å². The molecule has 1 N–H and O–H groups in total. The molecule has 0 saturated carbocycles. The fourth-order valence-corrected chi connectivity index (χ4v) is 1.27. The van der Waals surface area contributed by atoms with Gasteiger partial charge in [-0.1, -0.05) is 42.7 Å². The summed E-state index contributed by atoms with van der Waals surface area (Å²) in [5.41, 5.74) is 1.32. The summed E-state index contributed by atoms with van der Waals surface area (Å²) in [6, 6.07) is 10.3. The highest BCUT2D eigenvalue weighted by Crippen LogP contribution is 2.05. The Kier molecular flexibility index (Phi) is 3.89. The van der Waals surface area contributed by atoms with Crippen LogP contribution in [0.15, 0.2) is 42.7 Å². The smallest absolute Gasteiger partial charge is 0.0242 e. The Hall–Kier alpha value is -0.650. The van der Waals surface area contributed by atoms with Crippen molar-refractivity contribution in [1.29, 1.82) is 0 Å². The SMILES string of the molecule is C=CPNCc1ccccc1. The molecule has 0 aliphatic heterocycles. The van der Waals surface area contributed by atoms with Gasteiger partial charge in [-0.05, 0) is 14.3 Å². The first-order chi connectivity index (χ1) is 5.43. The Morgan fingerprint density at radius 2 is 2.09 bits per heavy atom. The van der Waals surface area contributed by atoms with Crippen molar-refractivity contribution < 1.29 is 0 Å². The van der Waals surface area contributed by atoms with Crippen molar-refractivity contribution in [3.8, 4) is 0 Å². The Morgan fingerprint density at radius 3 is 2.73 bits per heavy atom. The minimum atomic E-state index is 0.654. The number of rotatable bonds is 4. The number of hydrogen-bond acceptors (Lipinski definition) is 1. The molecule has 1 rings (SSSR count). The van der Waals surface area contributed by atoms with E-state index in [0.29, 0.717) is 8.73 Å². The van der Waals surface area contributed by atoms with Gasteiger partial charge in [0.15, 0.2) is 0 Å². The van der Waals surface area contributed by atoms with Gasteiger partial charge >= 0.3 is 0 Å². The third-order valence-electron chi connectivity index (χ3n) is 1.34. The highest BCUT2D eigenvalue weighted by molar-refractivity contribution is 7.39. The normalized spacial score (nSPS) is 10.5. The van der Waals surface area contributed by atoms with Gasteiger partial charge in [-0.2, -0.15) is 0 Å². The van der Waals surface area contributed by atoms with Crippen LogP contribution in [0.1, 0.15) is 5.56 Å². The van der Waals surface area contributed by atoms with Crippen molar-refractivity contribution in [3.05, 3.63) is 48.3 Å². The average Bonchev–Trinajstić information content (AvgIpc) is 2.07. The van der Waals surface area contributed by atoms with Gasteiger partial charge in [0, 0.05) is 6.54 Å². The summed E-state index contributed by atoms with van der Waals surface area (Å²) in [5.74, 6) is 1.89. The zero-order valence-corrected chi connectivity index (χ0v) is 7.38. The van der Waals surface area contributed by atoms with Gasteiger partial charge in [-0.25, -0.2) is 0 Å². The summed E-state index contributed by atoms with van der Waals surface area (Å²) < 4.78 is 0. The van der Waals surface area contributed by atoms with E-state index in [0.717, 1.165) is 6.54 Å². The van der Waals surface area contributed by atoms with E-state index in [1.807, 2.05) is 24.0 Å². The Labute approximate surface area is 69.4 Å². The Morgan fingerprint density at radius 1 is 1.36 bits per heavy atom. The molecule has 1 atom stereocenters. The number of nitrogens with one attached hydrogen (secondary N) is 1. The maximum Gasteiger partial charge on any atom is 0.0242 e. The van der Waals surface area contributed by atoms with Crippen molar-refractivity contribution in [2.75, 3.05) is 0 Å². The lowest BCUT2D eigenvalue weighted by atomic mass is 10.2. The van der Waals surface area contributed by atoms with Crippen LogP contribution in [0.4, 0.5) is 0 Å². The molecule has 0 radical (unpaired) electrons. The van der Waals surface area contributed by atoms with Crippen LogP contribution in [-0.4, -0.2) is 0 Å². The molecule has 2 heteroatoms. The first kappa shape index (κ1) is 8.45. The maximum absolute atomic E-state index is 3.64. The van der Waals surface area contributed by atoms with Gasteiger partial charge in [0.2, 0.25) is 0 Å². The van der Waals surface area contributed by atoms with Crippen LogP contribution < -0.4 is 5.09 Å². The van der Waals surface area contributed by atoms with E-state index in [-0.39, 0.29) is 0 Å². The van der Waals surface area contributed by atoms with Crippen molar-refractivity contribution in [1.82, 2.24) is 5.09 Å². The summed E-state index contributed by atoms with van der Waals surface area (Å²) in [6.07, 6.45) is 0. The number of hydrogen-bond donors (Lipinski definition) is 1. The third kappa shape index (κ3) is 3.31. The molecule has 1 aromatic rings. The lowest BCUT2D eigenvalue weighted by Crippen LogP contribution is -1.98. The van der Waals surface area contributed by atoms with E-state index in [1.165, 1.54) is 5.56 Å². The Balaban J connectivity index is 2.33. The van der Waals surface area contributed by atoms with Crippen LogP contribution in [0.3, 0.4) is 0 Å². The van der Waals surface area contributed by atoms with Crippen LogP contribution in [0, 0.1) is 0 Å². The molecular formula is C9H12NP. The summed E-state index contributed by atoms with van der Waals surface area (Å²) >= 11 is 0. The standard InChI is InChI=1S/C9H12NP/c1-2-11-10-8-9-6-4-3-5-7-9/h2-7,10-11H,1,8H2. The second-order valence-corrected chi connectivity index (χ2v) is 3.24. The lowest BCUT2D eigenvalue weighted by Gasteiger charge is -1.99. The summed E-state index contributed by atoms with van der Waals surface area (Å²) in [7, 11) is 0.654. The molecule has 0 aliphatic rings. The summed E-state index contributed by atoms with van der Waals surface area (Å²) in [5, 5.41) is 3.26. The molecule has 0 heterocycles. The quantitative estimate of drug-likeness (QED) is 0.534. The first-order valence-electron chi connectivity index (χ1n) is 3.56. The predicted octanol–water partition coefficient (Wildman–Crippen LogP) is 2.51. The van der Waals surface area contributed by atoms with Crippen LogP contribution in [0.2, 0.25) is 0 Å². The molecule has 11 heavy (non-hydrogen) atoms. The largest absolute Gasteiger partial charge is 0.291 e. The maximum atomic E-state index is 3.64. The second kappa shape index (κ2) is 5.06. The zero-order valence-electron chi connectivity index (χ0n) is 6.38. The van der Waals surface area contributed by atoms with E-state index in [1.54, 1.807) is 0 Å². The van der Waals surface area contributed by atoms with Gasteiger partial charge in [0.05, 0.1) is 0 Å². The summed E-state index contributed by atoms with van der Waals surface area (Å²) in [6.45, 7) is 4.58. The van der Waals surface area contributed by atoms with Crippen molar-refractivity contribution in [2.24, 2.45) is 0 Å². The van der Waals surface area contributed by atoms with Crippen LogP contribution >= 0.6 is 8.73 Å². The molecule has 0 fully saturated rings. The van der Waals surface area contributed by atoms with Gasteiger partial charge in [0.1, 0.15) is 0 Å². The lowest BCUT2D eigenvalue weighted by molar-refractivity contribution is 0.973. The van der Waals surface area contributed by atoms with Gasteiger partial charge < -0.3 is 0 Å². The van der Waals surface area contributed by atoms with Crippen LogP contribution in [0.25, 0.3) is 0 Å². The molecule has 0 spiro atoms. The molecule has 58 valence electrons. The number of benzene rings is 1. The van der Waals surface area contributed by atoms with Crippen LogP contribution in [-0.2, 0) is 6.54 Å². The molecule has 0 saturated heterocycles. The second-order valence-electron chi connectivity index (χ2n) is 2.19. The van der Waals surface area contributed by atoms with Crippen molar-refractivity contribution >= 4 is 8.73 Å². The zero-order chi connectivity index (χ0) is 7.94.